The van der Waals surface area contributed by atoms with E-state index in [0.717, 1.165) is 14.2 Å². The molecule has 8 heteroatoms. The Morgan fingerprint density at radius 2 is 1.46 bits per heavy atom. The first-order valence-corrected chi connectivity index (χ1v) is 7.51. The summed E-state index contributed by atoms with van der Waals surface area (Å²) in [5, 5.41) is 19.4. The molecule has 130 valence electrons. The van der Waals surface area contributed by atoms with Crippen LogP contribution in [-0.4, -0.2) is 26.2 Å². The fraction of sp³-hybridized carbons (Fsp3) is 0.111. The second-order valence-electron chi connectivity index (χ2n) is 5.00. The maximum atomic E-state index is 12.4. The first-order chi connectivity index (χ1) is 12.4. The second kappa shape index (κ2) is 7.56. The van der Waals surface area contributed by atoms with Crippen LogP contribution < -0.4 is 5.73 Å². The number of nitriles is 2. The van der Waals surface area contributed by atoms with E-state index in [-0.39, 0.29) is 33.5 Å². The number of esters is 2. The van der Waals surface area contributed by atoms with Crippen molar-refractivity contribution in [1.29, 1.82) is 10.5 Å². The van der Waals surface area contributed by atoms with Crippen LogP contribution in [0.25, 0.3) is 11.1 Å². The number of carbonyl (C=O) groups is 2. The second-order valence-corrected chi connectivity index (χ2v) is 5.44. The molecule has 0 fully saturated rings. The molecule has 2 aromatic carbocycles. The molecule has 0 aliphatic rings. The molecule has 0 bridgehead atoms. The third-order valence-corrected chi connectivity index (χ3v) is 3.93. The summed E-state index contributed by atoms with van der Waals surface area (Å²) in [7, 11) is 2.21. The van der Waals surface area contributed by atoms with E-state index in [4.69, 9.17) is 26.8 Å². The number of halogens is 1. The highest BCUT2D eigenvalue weighted by Crippen LogP contribution is 2.38. The summed E-state index contributed by atoms with van der Waals surface area (Å²) in [6.45, 7) is 0. The number of hydrogen-bond acceptors (Lipinski definition) is 7. The van der Waals surface area contributed by atoms with Crippen molar-refractivity contribution in [3.05, 3.63) is 51.5 Å². The highest BCUT2D eigenvalue weighted by molar-refractivity contribution is 6.30. The van der Waals surface area contributed by atoms with E-state index in [0.29, 0.717) is 10.6 Å². The minimum absolute atomic E-state index is 0.0629. The van der Waals surface area contributed by atoms with Gasteiger partial charge in [-0.3, -0.25) is 0 Å². The summed E-state index contributed by atoms with van der Waals surface area (Å²) >= 11 is 5.89. The van der Waals surface area contributed by atoms with Gasteiger partial charge in [-0.15, -0.1) is 0 Å². The third-order valence-electron chi connectivity index (χ3n) is 3.67. The Hall–Kier alpha value is -3.55. The predicted octanol–water partition coefficient (Wildman–Crippen LogP) is 2.91. The number of carbonyl (C=O) groups excluding carboxylic acids is 2. The van der Waals surface area contributed by atoms with Gasteiger partial charge < -0.3 is 15.2 Å². The monoisotopic (exact) mass is 369 g/mol. The summed E-state index contributed by atoms with van der Waals surface area (Å²) in [6, 6.07) is 9.84. The molecule has 0 aromatic heterocycles. The highest BCUT2D eigenvalue weighted by atomic mass is 35.5. The van der Waals surface area contributed by atoms with Crippen LogP contribution in [0.3, 0.4) is 0 Å². The predicted molar refractivity (Wildman–Crippen MR) is 93.4 cm³/mol. The van der Waals surface area contributed by atoms with E-state index in [1.165, 1.54) is 0 Å². The maximum absolute atomic E-state index is 12.4. The normalized spacial score (nSPS) is 9.73. The Kier molecular flexibility index (Phi) is 5.46. The van der Waals surface area contributed by atoms with Gasteiger partial charge in [-0.2, -0.15) is 10.5 Å². The van der Waals surface area contributed by atoms with E-state index in [1.54, 1.807) is 30.3 Å². The van der Waals surface area contributed by atoms with Gasteiger partial charge in [0.05, 0.1) is 42.2 Å². The molecule has 0 aliphatic carbocycles. The quantitative estimate of drug-likeness (QED) is 0.650. The summed E-state index contributed by atoms with van der Waals surface area (Å²) in [5.74, 6) is -1.86. The molecule has 0 saturated carbocycles. The maximum Gasteiger partial charge on any atom is 0.340 e. The van der Waals surface area contributed by atoms with Gasteiger partial charge in [-0.05, 0) is 17.7 Å². The van der Waals surface area contributed by atoms with Crippen LogP contribution in [0, 0.1) is 22.7 Å². The van der Waals surface area contributed by atoms with Crippen molar-refractivity contribution in [1.82, 2.24) is 0 Å². The molecule has 0 heterocycles. The molecule has 2 rings (SSSR count). The lowest BCUT2D eigenvalue weighted by Gasteiger charge is -2.17. The van der Waals surface area contributed by atoms with Crippen LogP contribution in [0.2, 0.25) is 5.02 Å². The Bertz CT molecular complexity index is 986. The van der Waals surface area contributed by atoms with Crippen LogP contribution >= 0.6 is 11.6 Å². The van der Waals surface area contributed by atoms with Crippen molar-refractivity contribution >= 4 is 29.2 Å². The van der Waals surface area contributed by atoms with Crippen molar-refractivity contribution < 1.29 is 19.1 Å². The van der Waals surface area contributed by atoms with Crippen LogP contribution in [0.1, 0.15) is 31.8 Å². The molecule has 0 atom stereocenters. The van der Waals surface area contributed by atoms with Gasteiger partial charge in [-0.25, -0.2) is 9.59 Å². The average molecular weight is 370 g/mol. The zero-order valence-corrected chi connectivity index (χ0v) is 14.5. The number of hydrogen-bond donors (Lipinski definition) is 1. The van der Waals surface area contributed by atoms with Crippen molar-refractivity contribution in [2.45, 2.75) is 0 Å². The lowest BCUT2D eigenvalue weighted by molar-refractivity contribution is 0.0555. The highest BCUT2D eigenvalue weighted by Gasteiger charge is 2.32. The van der Waals surface area contributed by atoms with Crippen LogP contribution in [0.5, 0.6) is 0 Å². The van der Waals surface area contributed by atoms with E-state index in [1.807, 2.05) is 6.07 Å². The number of nitrogen functional groups attached to an aromatic ring is 1. The molecule has 7 nitrogen and oxygen atoms in total. The first kappa shape index (κ1) is 18.8. The van der Waals surface area contributed by atoms with Gasteiger partial charge in [0.25, 0.3) is 0 Å². The zero-order valence-electron chi connectivity index (χ0n) is 13.8. The molecule has 0 aliphatic heterocycles. The molecule has 0 amide bonds. The van der Waals surface area contributed by atoms with Crippen LogP contribution in [-0.2, 0) is 9.47 Å². The molecule has 0 radical (unpaired) electrons. The number of nitrogens with zero attached hydrogens (tertiary/aromatic N) is 2. The van der Waals surface area contributed by atoms with Gasteiger partial charge in [0.2, 0.25) is 0 Å². The van der Waals surface area contributed by atoms with Gasteiger partial charge >= 0.3 is 11.9 Å². The standard InChI is InChI=1S/C18H12ClN3O4/c1-25-17(23)14-12(8-21)16(22)11(7-20)13(15(14)18(24)26-2)9-3-5-10(19)6-4-9/h3-6H,22H2,1-2H3. The number of benzene rings is 2. The number of anilines is 1. The lowest BCUT2D eigenvalue weighted by atomic mass is 9.86. The number of methoxy groups -OCH3 is 2. The Labute approximate surface area is 154 Å². The molecule has 2 N–H and O–H groups in total. The Balaban J connectivity index is 3.11. The molecular weight excluding hydrogens is 358 g/mol. The van der Waals surface area contributed by atoms with Crippen molar-refractivity contribution in [3.8, 4) is 23.3 Å². The van der Waals surface area contributed by atoms with E-state index in [9.17, 15) is 20.1 Å². The largest absolute Gasteiger partial charge is 0.465 e. The minimum atomic E-state index is -0.951. The molecule has 26 heavy (non-hydrogen) atoms. The molecule has 0 spiro atoms. The molecular formula is C18H12ClN3O4. The van der Waals surface area contributed by atoms with Gasteiger partial charge in [-0.1, -0.05) is 23.7 Å². The molecule has 0 saturated heterocycles. The zero-order chi connectivity index (χ0) is 19.4. The van der Waals surface area contributed by atoms with Gasteiger partial charge in [0.15, 0.2) is 0 Å². The van der Waals surface area contributed by atoms with Crippen molar-refractivity contribution in [2.24, 2.45) is 0 Å². The Morgan fingerprint density at radius 1 is 0.962 bits per heavy atom. The SMILES string of the molecule is COC(=O)c1c(C#N)c(N)c(C#N)c(-c2ccc(Cl)cc2)c1C(=O)OC. The number of nitrogens with two attached hydrogens (primary N) is 1. The van der Waals surface area contributed by atoms with Crippen LogP contribution in [0.15, 0.2) is 24.3 Å². The smallest absolute Gasteiger partial charge is 0.340 e. The number of ether oxygens (including phenoxy) is 2. The van der Waals surface area contributed by atoms with Crippen molar-refractivity contribution in [2.75, 3.05) is 20.0 Å². The van der Waals surface area contributed by atoms with Gasteiger partial charge in [0.1, 0.15) is 12.1 Å². The summed E-state index contributed by atoms with van der Waals surface area (Å²) in [5.41, 5.74) is 5.09. The minimum Gasteiger partial charge on any atom is -0.465 e. The summed E-state index contributed by atoms with van der Waals surface area (Å²) < 4.78 is 9.46. The van der Waals surface area contributed by atoms with Crippen molar-refractivity contribution in [3.63, 3.8) is 0 Å². The Morgan fingerprint density at radius 3 is 1.92 bits per heavy atom. The summed E-state index contributed by atoms with van der Waals surface area (Å²) in [6.07, 6.45) is 0. The third kappa shape index (κ3) is 3.04. The van der Waals surface area contributed by atoms with E-state index in [2.05, 4.69) is 0 Å². The fourth-order valence-electron chi connectivity index (χ4n) is 2.52. The molecule has 0 unspecified atom stereocenters. The lowest BCUT2D eigenvalue weighted by Crippen LogP contribution is -2.18. The summed E-state index contributed by atoms with van der Waals surface area (Å²) in [4.78, 5) is 24.7. The molecule has 2 aromatic rings. The number of rotatable bonds is 3. The first-order valence-electron chi connectivity index (χ1n) is 7.13. The fourth-order valence-corrected chi connectivity index (χ4v) is 2.65. The topological polar surface area (TPSA) is 126 Å². The van der Waals surface area contributed by atoms with Gasteiger partial charge in [0, 0.05) is 10.6 Å². The van der Waals surface area contributed by atoms with E-state index >= 15 is 0 Å². The average Bonchev–Trinajstić information content (AvgIpc) is 2.66. The van der Waals surface area contributed by atoms with Crippen LogP contribution in [0.4, 0.5) is 5.69 Å². The van der Waals surface area contributed by atoms with E-state index < -0.39 is 11.9 Å².